The smallest absolute Gasteiger partial charge is 0.324 e. The van der Waals surface area contributed by atoms with Crippen LogP contribution in [0.1, 0.15) is 18.3 Å². The highest BCUT2D eigenvalue weighted by Gasteiger charge is 2.26. The molecule has 1 fully saturated rings. The van der Waals surface area contributed by atoms with Gasteiger partial charge in [-0.25, -0.2) is 9.59 Å². The van der Waals surface area contributed by atoms with Crippen LogP contribution in [0, 0.1) is 13.8 Å². The number of hydrogen-bond acceptors (Lipinski definition) is 3. The highest BCUT2D eigenvalue weighted by atomic mass is 16.2. The molecule has 2 aromatic rings. The summed E-state index contributed by atoms with van der Waals surface area (Å²) in [6.07, 6.45) is 0. The van der Waals surface area contributed by atoms with Gasteiger partial charge in [0.25, 0.3) is 0 Å². The minimum Gasteiger partial charge on any atom is -0.334 e. The summed E-state index contributed by atoms with van der Waals surface area (Å²) in [6, 6.07) is 8.94. The predicted octanol–water partition coefficient (Wildman–Crippen LogP) is 2.58. The molecule has 1 aliphatic rings. The van der Waals surface area contributed by atoms with Crippen LogP contribution < -0.4 is 15.5 Å². The largest absolute Gasteiger partial charge is 0.334 e. The van der Waals surface area contributed by atoms with Crippen molar-refractivity contribution in [1.82, 2.24) is 20.0 Å². The first-order valence-corrected chi connectivity index (χ1v) is 9.05. The molecular formula is C19H26N6O2. The fraction of sp³-hybridized carbons (Fsp3) is 0.421. The summed E-state index contributed by atoms with van der Waals surface area (Å²) in [5.74, 6) is 0. The second-order valence-electron chi connectivity index (χ2n) is 7.01. The van der Waals surface area contributed by atoms with Crippen molar-refractivity contribution in [2.75, 3.05) is 30.4 Å². The van der Waals surface area contributed by atoms with Gasteiger partial charge >= 0.3 is 12.1 Å². The number of aryl methyl sites for hydroxylation is 2. The number of aromatic nitrogens is 2. The molecule has 4 amide bonds. The van der Waals surface area contributed by atoms with Crippen LogP contribution in [-0.4, -0.2) is 52.9 Å². The fourth-order valence-electron chi connectivity index (χ4n) is 3.17. The van der Waals surface area contributed by atoms with E-state index in [2.05, 4.69) is 15.7 Å². The van der Waals surface area contributed by atoms with Crippen LogP contribution in [0.15, 0.2) is 30.3 Å². The van der Waals surface area contributed by atoms with E-state index in [0.29, 0.717) is 25.3 Å². The maximum atomic E-state index is 12.2. The van der Waals surface area contributed by atoms with E-state index in [-0.39, 0.29) is 18.1 Å². The number of likely N-dealkylation sites (N-methyl/N-ethyl adjacent to an activating group) is 1. The van der Waals surface area contributed by atoms with Gasteiger partial charge in [0.15, 0.2) is 0 Å². The maximum Gasteiger partial charge on any atom is 0.324 e. The zero-order chi connectivity index (χ0) is 19.6. The van der Waals surface area contributed by atoms with E-state index < -0.39 is 0 Å². The summed E-state index contributed by atoms with van der Waals surface area (Å²) in [5.41, 5.74) is 3.54. The van der Waals surface area contributed by atoms with Crippen molar-refractivity contribution in [3.05, 3.63) is 41.7 Å². The molecule has 0 spiro atoms. The molecule has 0 saturated carbocycles. The summed E-state index contributed by atoms with van der Waals surface area (Å²) >= 11 is 0. The van der Waals surface area contributed by atoms with Gasteiger partial charge in [0.2, 0.25) is 0 Å². The quantitative estimate of drug-likeness (QED) is 0.849. The lowest BCUT2D eigenvalue weighted by Crippen LogP contribution is -2.39. The highest BCUT2D eigenvalue weighted by molar-refractivity contribution is 5.94. The van der Waals surface area contributed by atoms with Gasteiger partial charge in [-0.05, 0) is 51.1 Å². The first-order chi connectivity index (χ1) is 12.8. The molecule has 1 atom stereocenters. The van der Waals surface area contributed by atoms with Crippen LogP contribution in [-0.2, 0) is 6.54 Å². The van der Waals surface area contributed by atoms with E-state index in [9.17, 15) is 9.59 Å². The topological polar surface area (TPSA) is 82.5 Å². The van der Waals surface area contributed by atoms with E-state index in [1.807, 2.05) is 43.7 Å². The monoisotopic (exact) mass is 370 g/mol. The molecule has 2 heterocycles. The highest BCUT2D eigenvalue weighted by Crippen LogP contribution is 2.21. The average Bonchev–Trinajstić information content (AvgIpc) is 3.10. The lowest BCUT2D eigenvalue weighted by atomic mass is 10.2. The molecule has 27 heavy (non-hydrogen) atoms. The van der Waals surface area contributed by atoms with Crippen molar-refractivity contribution >= 4 is 23.4 Å². The zero-order valence-corrected chi connectivity index (χ0v) is 16.2. The van der Waals surface area contributed by atoms with Gasteiger partial charge in [-0.2, -0.15) is 5.10 Å². The predicted molar refractivity (Wildman–Crippen MR) is 105 cm³/mol. The van der Waals surface area contributed by atoms with Crippen LogP contribution in [0.4, 0.5) is 21.0 Å². The van der Waals surface area contributed by atoms with Crippen LogP contribution in [0.5, 0.6) is 0 Å². The number of carbonyl (C=O) groups is 2. The van der Waals surface area contributed by atoms with Crippen LogP contribution >= 0.6 is 0 Å². The number of nitrogens with zero attached hydrogens (tertiary/aromatic N) is 4. The molecule has 1 saturated heterocycles. The molecule has 0 bridgehead atoms. The number of anilines is 2. The van der Waals surface area contributed by atoms with Gasteiger partial charge in [-0.15, -0.1) is 0 Å². The number of benzene rings is 1. The third kappa shape index (κ3) is 4.39. The number of urea groups is 2. The van der Waals surface area contributed by atoms with E-state index in [1.54, 1.807) is 29.0 Å². The summed E-state index contributed by atoms with van der Waals surface area (Å²) in [4.78, 5) is 27.7. The molecule has 8 nitrogen and oxygen atoms in total. The minimum atomic E-state index is -0.270. The number of hydrogen-bond donors (Lipinski definition) is 2. The van der Waals surface area contributed by atoms with E-state index >= 15 is 0 Å². The Morgan fingerprint density at radius 3 is 2.48 bits per heavy atom. The molecule has 1 unspecified atom stereocenters. The lowest BCUT2D eigenvalue weighted by molar-refractivity contribution is 0.229. The molecule has 0 aliphatic carbocycles. The second-order valence-corrected chi connectivity index (χ2v) is 7.01. The molecule has 3 rings (SSSR count). The Balaban J connectivity index is 1.53. The average molecular weight is 370 g/mol. The van der Waals surface area contributed by atoms with Crippen LogP contribution in [0.3, 0.4) is 0 Å². The van der Waals surface area contributed by atoms with Gasteiger partial charge in [-0.1, -0.05) is 0 Å². The van der Waals surface area contributed by atoms with Gasteiger partial charge in [-0.3, -0.25) is 9.58 Å². The van der Waals surface area contributed by atoms with Crippen molar-refractivity contribution in [3.8, 4) is 0 Å². The molecule has 144 valence electrons. The van der Waals surface area contributed by atoms with Crippen molar-refractivity contribution in [2.45, 2.75) is 33.4 Å². The second kappa shape index (κ2) is 7.69. The fourth-order valence-corrected chi connectivity index (χ4v) is 3.17. The van der Waals surface area contributed by atoms with Crippen molar-refractivity contribution in [3.63, 3.8) is 0 Å². The molecule has 1 aromatic carbocycles. The maximum absolute atomic E-state index is 12.2. The Morgan fingerprint density at radius 2 is 1.93 bits per heavy atom. The Bertz CT molecular complexity index is 829. The molecule has 1 aliphatic heterocycles. The Labute approximate surface area is 159 Å². The van der Waals surface area contributed by atoms with E-state index in [4.69, 9.17) is 0 Å². The third-order valence-corrected chi connectivity index (χ3v) is 4.58. The number of rotatable bonds is 5. The molecular weight excluding hydrogens is 344 g/mol. The molecule has 1 aromatic heterocycles. The molecule has 0 radical (unpaired) electrons. The van der Waals surface area contributed by atoms with Crippen LogP contribution in [0.2, 0.25) is 0 Å². The Hall–Kier alpha value is -3.03. The van der Waals surface area contributed by atoms with Gasteiger partial charge in [0, 0.05) is 43.2 Å². The molecule has 2 N–H and O–H groups in total. The summed E-state index contributed by atoms with van der Waals surface area (Å²) in [6.45, 7) is 7.88. The standard InChI is InChI=1S/C19H26N6O2/c1-13-11-15(3)25(22-13)12-14(2)20-18(26)21-16-5-7-17(8-6-16)24-10-9-23(4)19(24)27/h5-8,11,14H,9-10,12H2,1-4H3,(H2,20,21,26). The number of nitrogens with one attached hydrogen (secondary N) is 2. The lowest BCUT2D eigenvalue weighted by Gasteiger charge is -2.17. The number of amides is 4. The first-order valence-electron chi connectivity index (χ1n) is 9.05. The van der Waals surface area contributed by atoms with Gasteiger partial charge < -0.3 is 15.5 Å². The Morgan fingerprint density at radius 1 is 1.22 bits per heavy atom. The minimum absolute atomic E-state index is 0.00794. The molecule has 8 heteroatoms. The Kier molecular flexibility index (Phi) is 5.34. The normalized spacial score (nSPS) is 15.2. The van der Waals surface area contributed by atoms with Gasteiger partial charge in [0.05, 0.1) is 12.2 Å². The summed E-state index contributed by atoms with van der Waals surface area (Å²) < 4.78 is 1.89. The van der Waals surface area contributed by atoms with E-state index in [1.165, 1.54) is 0 Å². The summed E-state index contributed by atoms with van der Waals surface area (Å²) in [5, 5.41) is 10.1. The van der Waals surface area contributed by atoms with Gasteiger partial charge in [0.1, 0.15) is 0 Å². The SMILES string of the molecule is Cc1cc(C)n(CC(C)NC(=O)Nc2ccc(N3CCN(C)C3=O)cc2)n1. The first kappa shape index (κ1) is 18.8. The van der Waals surface area contributed by atoms with Crippen molar-refractivity contribution in [2.24, 2.45) is 0 Å². The van der Waals surface area contributed by atoms with E-state index in [0.717, 1.165) is 17.1 Å². The third-order valence-electron chi connectivity index (χ3n) is 4.58. The zero-order valence-electron chi connectivity index (χ0n) is 16.2. The van der Waals surface area contributed by atoms with Crippen LogP contribution in [0.25, 0.3) is 0 Å². The van der Waals surface area contributed by atoms with Crippen molar-refractivity contribution in [1.29, 1.82) is 0 Å². The summed E-state index contributed by atoms with van der Waals surface area (Å²) in [7, 11) is 1.79. The number of carbonyl (C=O) groups excluding carboxylic acids is 2. The van der Waals surface area contributed by atoms with Crippen molar-refractivity contribution < 1.29 is 9.59 Å².